The second-order valence-corrected chi connectivity index (χ2v) is 7.21. The second kappa shape index (κ2) is 6.54. The van der Waals surface area contributed by atoms with Crippen molar-refractivity contribution in [3.8, 4) is 0 Å². The van der Waals surface area contributed by atoms with Crippen LogP contribution < -0.4 is 5.32 Å². The summed E-state index contributed by atoms with van der Waals surface area (Å²) in [5, 5.41) is 12.8. The fourth-order valence-electron chi connectivity index (χ4n) is 1.82. The van der Waals surface area contributed by atoms with Gasteiger partial charge in [0.2, 0.25) is 0 Å². The first-order valence-electron chi connectivity index (χ1n) is 6.34. The van der Waals surface area contributed by atoms with E-state index in [0.29, 0.717) is 0 Å². The van der Waals surface area contributed by atoms with Crippen LogP contribution in [-0.4, -0.2) is 25.5 Å². The molecule has 0 atom stereocenters. The number of hydrogen-bond acceptors (Lipinski definition) is 5. The molecule has 126 valence electrons. The predicted octanol–water partition coefficient (Wildman–Crippen LogP) is 3.04. The number of nitrogens with one attached hydrogen (secondary N) is 1. The number of rotatable bonds is 4. The number of hydrogen-bond donors (Lipinski definition) is 1. The Balaban J connectivity index is 2.40. The Labute approximate surface area is 141 Å². The number of benzene rings is 2. The molecule has 0 saturated heterocycles. The van der Waals surface area contributed by atoms with Crippen LogP contribution in [0.4, 0.5) is 15.8 Å². The number of nitro groups is 1. The Morgan fingerprint density at radius 2 is 1.92 bits per heavy atom. The number of carbonyl (C=O) groups excluding carboxylic acids is 1. The van der Waals surface area contributed by atoms with Gasteiger partial charge in [-0.05, 0) is 24.3 Å². The van der Waals surface area contributed by atoms with Crippen LogP contribution in [0.1, 0.15) is 10.4 Å². The van der Waals surface area contributed by atoms with Crippen molar-refractivity contribution in [2.24, 2.45) is 0 Å². The van der Waals surface area contributed by atoms with Gasteiger partial charge in [0.05, 0.1) is 26.1 Å². The van der Waals surface area contributed by atoms with Crippen LogP contribution in [0, 0.1) is 15.9 Å². The molecule has 24 heavy (non-hydrogen) atoms. The van der Waals surface area contributed by atoms with E-state index >= 15 is 0 Å². The normalized spacial score (nSPS) is 11.1. The standard InChI is InChI=1S/C14H10ClFN2O5S/c1-24(22,23)9-3-5-12(16)13(7-9)17-14(19)10-6-8(18(20)21)2-4-11(10)15/h2-7H,1H3,(H,17,19). The van der Waals surface area contributed by atoms with E-state index in [-0.39, 0.29) is 26.9 Å². The molecular weight excluding hydrogens is 363 g/mol. The van der Waals surface area contributed by atoms with Crippen molar-refractivity contribution >= 4 is 38.7 Å². The van der Waals surface area contributed by atoms with Gasteiger partial charge in [-0.1, -0.05) is 11.6 Å². The lowest BCUT2D eigenvalue weighted by Crippen LogP contribution is -2.14. The monoisotopic (exact) mass is 372 g/mol. The van der Waals surface area contributed by atoms with E-state index in [9.17, 15) is 27.7 Å². The van der Waals surface area contributed by atoms with Gasteiger partial charge in [-0.2, -0.15) is 0 Å². The van der Waals surface area contributed by atoms with E-state index in [0.717, 1.165) is 42.7 Å². The number of sulfone groups is 1. The largest absolute Gasteiger partial charge is 0.319 e. The Hall–Kier alpha value is -2.52. The molecule has 0 aliphatic carbocycles. The topological polar surface area (TPSA) is 106 Å². The van der Waals surface area contributed by atoms with Crippen molar-refractivity contribution in [1.29, 1.82) is 0 Å². The zero-order valence-corrected chi connectivity index (χ0v) is 13.7. The first-order valence-corrected chi connectivity index (χ1v) is 8.61. The average Bonchev–Trinajstić information content (AvgIpc) is 2.48. The lowest BCUT2D eigenvalue weighted by molar-refractivity contribution is -0.384. The summed E-state index contributed by atoms with van der Waals surface area (Å²) in [6, 6.07) is 6.12. The van der Waals surface area contributed by atoms with Crippen molar-refractivity contribution in [2.75, 3.05) is 11.6 Å². The SMILES string of the molecule is CS(=O)(=O)c1ccc(F)c(NC(=O)c2cc([N+](=O)[O-])ccc2Cl)c1. The zero-order chi connectivity index (χ0) is 18.1. The molecule has 0 bridgehead atoms. The zero-order valence-electron chi connectivity index (χ0n) is 12.1. The lowest BCUT2D eigenvalue weighted by Gasteiger charge is -2.09. The number of nitro benzene ring substituents is 1. The first kappa shape index (κ1) is 17.8. The molecule has 0 saturated carbocycles. The van der Waals surface area contributed by atoms with Gasteiger partial charge in [0.15, 0.2) is 9.84 Å². The molecule has 0 aromatic heterocycles. The Morgan fingerprint density at radius 3 is 2.50 bits per heavy atom. The van der Waals surface area contributed by atoms with Crippen molar-refractivity contribution in [3.63, 3.8) is 0 Å². The third-order valence-corrected chi connectivity index (χ3v) is 4.46. The smallest absolute Gasteiger partial charge is 0.270 e. The molecule has 2 aromatic rings. The number of non-ortho nitro benzene ring substituents is 1. The molecule has 0 spiro atoms. The van der Waals surface area contributed by atoms with Gasteiger partial charge >= 0.3 is 0 Å². The molecule has 0 radical (unpaired) electrons. The van der Waals surface area contributed by atoms with Gasteiger partial charge in [-0.25, -0.2) is 12.8 Å². The minimum atomic E-state index is -3.60. The Kier molecular flexibility index (Phi) is 4.86. The number of halogens is 2. The van der Waals surface area contributed by atoms with Crippen LogP contribution in [0.5, 0.6) is 0 Å². The highest BCUT2D eigenvalue weighted by molar-refractivity contribution is 7.90. The highest BCUT2D eigenvalue weighted by Crippen LogP contribution is 2.25. The maximum atomic E-state index is 13.8. The third-order valence-electron chi connectivity index (χ3n) is 3.02. The van der Waals surface area contributed by atoms with Gasteiger partial charge in [0, 0.05) is 18.4 Å². The molecule has 2 rings (SSSR count). The van der Waals surface area contributed by atoms with Crippen LogP contribution in [0.3, 0.4) is 0 Å². The minimum Gasteiger partial charge on any atom is -0.319 e. The summed E-state index contributed by atoms with van der Waals surface area (Å²) in [5.41, 5.74) is -0.990. The number of carbonyl (C=O) groups is 1. The fraction of sp³-hybridized carbons (Fsp3) is 0.0714. The van der Waals surface area contributed by atoms with Gasteiger partial charge in [0.1, 0.15) is 5.82 Å². The summed E-state index contributed by atoms with van der Waals surface area (Å²) in [4.78, 5) is 22.0. The van der Waals surface area contributed by atoms with Crippen molar-refractivity contribution < 1.29 is 22.5 Å². The number of anilines is 1. The van der Waals surface area contributed by atoms with E-state index in [1.165, 1.54) is 0 Å². The van der Waals surface area contributed by atoms with Gasteiger partial charge in [-0.15, -0.1) is 0 Å². The molecule has 10 heteroatoms. The maximum Gasteiger partial charge on any atom is 0.270 e. The summed E-state index contributed by atoms with van der Waals surface area (Å²) in [6.07, 6.45) is 0.934. The van der Waals surface area contributed by atoms with Crippen molar-refractivity contribution in [3.05, 3.63) is 62.9 Å². The summed E-state index contributed by atoms with van der Waals surface area (Å²) in [6.45, 7) is 0. The highest BCUT2D eigenvalue weighted by Gasteiger charge is 2.18. The van der Waals surface area contributed by atoms with Gasteiger partial charge in [-0.3, -0.25) is 14.9 Å². The summed E-state index contributed by atoms with van der Waals surface area (Å²) < 4.78 is 36.8. The Morgan fingerprint density at radius 1 is 1.25 bits per heavy atom. The van der Waals surface area contributed by atoms with Crippen LogP contribution >= 0.6 is 11.6 Å². The molecule has 1 N–H and O–H groups in total. The summed E-state index contributed by atoms with van der Waals surface area (Å²) in [5.74, 6) is -1.77. The molecule has 1 amide bonds. The lowest BCUT2D eigenvalue weighted by atomic mass is 10.2. The second-order valence-electron chi connectivity index (χ2n) is 4.79. The van der Waals surface area contributed by atoms with E-state index in [1.807, 2.05) is 0 Å². The summed E-state index contributed by atoms with van der Waals surface area (Å²) in [7, 11) is -3.60. The van der Waals surface area contributed by atoms with E-state index < -0.39 is 26.5 Å². The van der Waals surface area contributed by atoms with Crippen LogP contribution in [0.15, 0.2) is 41.3 Å². The van der Waals surface area contributed by atoms with E-state index in [4.69, 9.17) is 11.6 Å². The van der Waals surface area contributed by atoms with E-state index in [1.54, 1.807) is 0 Å². The molecule has 7 nitrogen and oxygen atoms in total. The van der Waals surface area contributed by atoms with Crippen LogP contribution in [-0.2, 0) is 9.84 Å². The first-order chi connectivity index (χ1) is 11.1. The minimum absolute atomic E-state index is 0.0715. The Bertz CT molecular complexity index is 946. The molecule has 0 unspecified atom stereocenters. The third kappa shape index (κ3) is 3.87. The van der Waals surface area contributed by atoms with Gasteiger partial charge < -0.3 is 5.32 Å². The molecular formula is C14H10ClFN2O5S. The maximum absolute atomic E-state index is 13.8. The molecule has 0 aliphatic heterocycles. The molecule has 0 heterocycles. The molecule has 0 fully saturated rings. The van der Waals surface area contributed by atoms with Crippen molar-refractivity contribution in [2.45, 2.75) is 4.90 Å². The van der Waals surface area contributed by atoms with E-state index in [2.05, 4.69) is 5.32 Å². The molecule has 0 aliphatic rings. The predicted molar refractivity (Wildman–Crippen MR) is 85.6 cm³/mol. The van der Waals surface area contributed by atoms with Crippen LogP contribution in [0.25, 0.3) is 0 Å². The van der Waals surface area contributed by atoms with Gasteiger partial charge in [0.25, 0.3) is 11.6 Å². The van der Waals surface area contributed by atoms with Crippen LogP contribution in [0.2, 0.25) is 5.02 Å². The molecule has 2 aromatic carbocycles. The number of nitrogens with zero attached hydrogens (tertiary/aromatic N) is 1. The highest BCUT2D eigenvalue weighted by atomic mass is 35.5. The van der Waals surface area contributed by atoms with Crippen molar-refractivity contribution in [1.82, 2.24) is 0 Å². The number of amides is 1. The average molecular weight is 373 g/mol. The fourth-order valence-corrected chi connectivity index (χ4v) is 2.67. The quantitative estimate of drug-likeness (QED) is 0.504. The summed E-state index contributed by atoms with van der Waals surface area (Å²) >= 11 is 5.83.